The summed E-state index contributed by atoms with van der Waals surface area (Å²) >= 11 is 3.15. The summed E-state index contributed by atoms with van der Waals surface area (Å²) in [6.07, 6.45) is 1.32. The van der Waals surface area contributed by atoms with Gasteiger partial charge in [0.25, 0.3) is 5.56 Å². The summed E-state index contributed by atoms with van der Waals surface area (Å²) in [7, 11) is 0. The average Bonchev–Trinajstić information content (AvgIpc) is 2.11. The van der Waals surface area contributed by atoms with E-state index < -0.39 is 11.1 Å². The van der Waals surface area contributed by atoms with Crippen molar-refractivity contribution in [2.24, 2.45) is 0 Å². The van der Waals surface area contributed by atoms with Crippen molar-refractivity contribution in [3.05, 3.63) is 21.2 Å². The van der Waals surface area contributed by atoms with E-state index in [4.69, 9.17) is 0 Å². The first kappa shape index (κ1) is 13.2. The molecule has 1 rings (SSSR count). The average molecular weight is 290 g/mol. The zero-order chi connectivity index (χ0) is 12.6. The topological polar surface area (TPSA) is 78.0 Å². The van der Waals surface area contributed by atoms with Crippen molar-refractivity contribution in [3.8, 4) is 0 Å². The lowest BCUT2D eigenvalue weighted by molar-refractivity contribution is 0.0238. The Balaban J connectivity index is 3.06. The molecule has 0 atom stereocenters. The zero-order valence-corrected chi connectivity index (χ0v) is 11.3. The molecular weight excluding hydrogens is 274 g/mol. The standard InChI is InChI=1S/C10H16BrN3O2/c1-9(2,10(3,4)16)14-7-6(11)8(15)13-5-12-7/h5,16H,1-4H3,(H2,12,13,14,15). The number of hydrogen-bond donors (Lipinski definition) is 3. The predicted molar refractivity (Wildman–Crippen MR) is 66.6 cm³/mol. The van der Waals surface area contributed by atoms with Gasteiger partial charge in [-0.2, -0.15) is 0 Å². The number of hydrogen-bond acceptors (Lipinski definition) is 4. The summed E-state index contributed by atoms with van der Waals surface area (Å²) in [5.41, 5.74) is -1.82. The molecule has 16 heavy (non-hydrogen) atoms. The van der Waals surface area contributed by atoms with Gasteiger partial charge in [0, 0.05) is 0 Å². The summed E-state index contributed by atoms with van der Waals surface area (Å²) in [5, 5.41) is 13.0. The predicted octanol–water partition coefficient (Wildman–Crippen LogP) is 1.49. The van der Waals surface area contributed by atoms with Gasteiger partial charge in [-0.05, 0) is 43.6 Å². The number of aromatic nitrogens is 2. The highest BCUT2D eigenvalue weighted by molar-refractivity contribution is 9.10. The Morgan fingerprint density at radius 3 is 2.50 bits per heavy atom. The van der Waals surface area contributed by atoms with Gasteiger partial charge in [0.1, 0.15) is 10.3 Å². The Morgan fingerprint density at radius 2 is 2.00 bits per heavy atom. The molecule has 0 aliphatic rings. The van der Waals surface area contributed by atoms with Gasteiger partial charge in [-0.1, -0.05) is 0 Å². The van der Waals surface area contributed by atoms with Crippen molar-refractivity contribution < 1.29 is 5.11 Å². The van der Waals surface area contributed by atoms with Gasteiger partial charge in [0.05, 0.1) is 17.5 Å². The number of rotatable bonds is 3. The van der Waals surface area contributed by atoms with Crippen LogP contribution in [0.5, 0.6) is 0 Å². The molecule has 0 saturated carbocycles. The molecule has 6 heteroatoms. The number of nitrogens with one attached hydrogen (secondary N) is 2. The van der Waals surface area contributed by atoms with E-state index in [-0.39, 0.29) is 5.56 Å². The number of H-pyrrole nitrogens is 1. The molecule has 0 radical (unpaired) electrons. The van der Waals surface area contributed by atoms with E-state index in [0.717, 1.165) is 0 Å². The molecule has 0 bridgehead atoms. The van der Waals surface area contributed by atoms with E-state index in [1.807, 2.05) is 13.8 Å². The molecular formula is C10H16BrN3O2. The second-order valence-corrected chi connectivity index (χ2v) is 5.50. The Bertz CT molecular complexity index is 434. The quantitative estimate of drug-likeness (QED) is 0.788. The van der Waals surface area contributed by atoms with Crippen LogP contribution in [0.4, 0.5) is 5.82 Å². The maximum Gasteiger partial charge on any atom is 0.267 e. The molecule has 0 aliphatic heterocycles. The fourth-order valence-corrected chi connectivity index (χ4v) is 1.24. The molecule has 1 heterocycles. The largest absolute Gasteiger partial charge is 0.388 e. The van der Waals surface area contributed by atoms with Crippen molar-refractivity contribution in [1.29, 1.82) is 0 Å². The fraction of sp³-hybridized carbons (Fsp3) is 0.600. The number of anilines is 1. The fourth-order valence-electron chi connectivity index (χ4n) is 0.919. The maximum atomic E-state index is 11.3. The van der Waals surface area contributed by atoms with Gasteiger partial charge in [-0.3, -0.25) is 4.79 Å². The van der Waals surface area contributed by atoms with Gasteiger partial charge >= 0.3 is 0 Å². The second kappa shape index (κ2) is 4.18. The molecule has 0 aliphatic carbocycles. The first-order valence-electron chi connectivity index (χ1n) is 4.89. The third kappa shape index (κ3) is 2.62. The Labute approximate surface area is 102 Å². The van der Waals surface area contributed by atoms with Crippen LogP contribution in [-0.2, 0) is 0 Å². The Kier molecular flexibility index (Phi) is 3.44. The molecule has 90 valence electrons. The highest BCUT2D eigenvalue weighted by Gasteiger charge is 2.35. The summed E-state index contributed by atoms with van der Waals surface area (Å²) in [6, 6.07) is 0. The first-order valence-corrected chi connectivity index (χ1v) is 5.68. The van der Waals surface area contributed by atoms with Crippen LogP contribution in [-0.4, -0.2) is 26.2 Å². The summed E-state index contributed by atoms with van der Waals surface area (Å²) in [5.74, 6) is 0.413. The third-order valence-electron chi connectivity index (χ3n) is 2.76. The molecule has 1 aromatic rings. The molecule has 3 N–H and O–H groups in total. The number of aliphatic hydroxyl groups is 1. The van der Waals surface area contributed by atoms with Crippen molar-refractivity contribution >= 4 is 21.7 Å². The zero-order valence-electron chi connectivity index (χ0n) is 9.76. The van der Waals surface area contributed by atoms with Crippen LogP contribution in [0.2, 0.25) is 0 Å². The van der Waals surface area contributed by atoms with E-state index in [2.05, 4.69) is 31.2 Å². The van der Waals surface area contributed by atoms with Crippen LogP contribution in [0.1, 0.15) is 27.7 Å². The van der Waals surface area contributed by atoms with Gasteiger partial charge < -0.3 is 15.4 Å². The van der Waals surface area contributed by atoms with Crippen molar-refractivity contribution in [2.45, 2.75) is 38.8 Å². The van der Waals surface area contributed by atoms with Gasteiger partial charge in [-0.15, -0.1) is 0 Å². The van der Waals surface area contributed by atoms with Crippen molar-refractivity contribution in [1.82, 2.24) is 9.97 Å². The van der Waals surface area contributed by atoms with E-state index >= 15 is 0 Å². The molecule has 0 amide bonds. The lowest BCUT2D eigenvalue weighted by Gasteiger charge is -2.38. The highest BCUT2D eigenvalue weighted by Crippen LogP contribution is 2.26. The number of aromatic amines is 1. The van der Waals surface area contributed by atoms with E-state index in [0.29, 0.717) is 10.3 Å². The summed E-state index contributed by atoms with van der Waals surface area (Å²) in [6.45, 7) is 7.06. The monoisotopic (exact) mass is 289 g/mol. The minimum absolute atomic E-state index is 0.260. The third-order valence-corrected chi connectivity index (χ3v) is 3.49. The normalized spacial score (nSPS) is 12.6. The second-order valence-electron chi connectivity index (χ2n) is 4.70. The number of nitrogens with zero attached hydrogens (tertiary/aromatic N) is 1. The lowest BCUT2D eigenvalue weighted by Crippen LogP contribution is -2.51. The smallest absolute Gasteiger partial charge is 0.267 e. The van der Waals surface area contributed by atoms with Crippen LogP contribution in [0.3, 0.4) is 0 Å². The molecule has 0 fully saturated rings. The molecule has 0 spiro atoms. The highest BCUT2D eigenvalue weighted by atomic mass is 79.9. The Hall–Kier alpha value is -0.880. The molecule has 1 aromatic heterocycles. The van der Waals surface area contributed by atoms with Gasteiger partial charge in [0.15, 0.2) is 0 Å². The lowest BCUT2D eigenvalue weighted by atomic mass is 9.86. The van der Waals surface area contributed by atoms with E-state index in [1.165, 1.54) is 6.33 Å². The van der Waals surface area contributed by atoms with Crippen molar-refractivity contribution in [2.75, 3.05) is 5.32 Å². The number of halogens is 1. The van der Waals surface area contributed by atoms with Gasteiger partial charge in [0.2, 0.25) is 0 Å². The van der Waals surface area contributed by atoms with E-state index in [1.54, 1.807) is 13.8 Å². The van der Waals surface area contributed by atoms with Gasteiger partial charge in [-0.25, -0.2) is 4.98 Å². The minimum Gasteiger partial charge on any atom is -0.388 e. The van der Waals surface area contributed by atoms with E-state index in [9.17, 15) is 9.90 Å². The Morgan fingerprint density at radius 1 is 1.44 bits per heavy atom. The maximum absolute atomic E-state index is 11.3. The SMILES string of the molecule is CC(C)(O)C(C)(C)Nc1nc[nH]c(=O)c1Br. The molecule has 0 unspecified atom stereocenters. The van der Waals surface area contributed by atoms with Crippen molar-refractivity contribution in [3.63, 3.8) is 0 Å². The van der Waals surface area contributed by atoms with Crippen LogP contribution in [0, 0.1) is 0 Å². The molecule has 0 aromatic carbocycles. The first-order chi connectivity index (χ1) is 7.15. The summed E-state index contributed by atoms with van der Waals surface area (Å²) in [4.78, 5) is 17.8. The van der Waals surface area contributed by atoms with Crippen LogP contribution >= 0.6 is 15.9 Å². The summed E-state index contributed by atoms with van der Waals surface area (Å²) < 4.78 is 0.326. The molecule has 5 nitrogen and oxygen atoms in total. The van der Waals surface area contributed by atoms with Crippen LogP contribution in [0.15, 0.2) is 15.6 Å². The molecule has 0 saturated heterocycles. The minimum atomic E-state index is -0.948. The van der Waals surface area contributed by atoms with Crippen LogP contribution in [0.25, 0.3) is 0 Å². The van der Waals surface area contributed by atoms with Crippen LogP contribution < -0.4 is 10.9 Å².